The van der Waals surface area contributed by atoms with E-state index < -0.39 is 0 Å². The second-order valence-electron chi connectivity index (χ2n) is 4.30. The number of hydrogen-bond acceptors (Lipinski definition) is 2. The number of hydrogen-bond donors (Lipinski definition) is 2. The van der Waals surface area contributed by atoms with Crippen molar-refractivity contribution in [2.24, 2.45) is 0 Å². The van der Waals surface area contributed by atoms with Crippen molar-refractivity contribution in [1.82, 2.24) is 5.32 Å². The van der Waals surface area contributed by atoms with E-state index in [-0.39, 0.29) is 18.7 Å². The minimum atomic E-state index is 0.0914. The molecule has 0 saturated carbocycles. The molecule has 0 aliphatic heterocycles. The lowest BCUT2D eigenvalue weighted by atomic mass is 10.1. The van der Waals surface area contributed by atoms with Crippen LogP contribution < -0.4 is 5.32 Å². The highest BCUT2D eigenvalue weighted by Crippen LogP contribution is 2.37. The summed E-state index contributed by atoms with van der Waals surface area (Å²) in [5.74, 6) is 0. The molecule has 0 bridgehead atoms. The van der Waals surface area contributed by atoms with Gasteiger partial charge in [0.25, 0.3) is 0 Å². The standard InChI is InChI=1S/C12H15Cl2NO/c1-7(6-16)15-12-3-2-9-10(12)4-8(13)5-11(9)14/h4-5,7,12,15-16H,2-3,6H2,1H3/t7-,12?/m0/s1. The molecule has 1 aliphatic rings. The van der Waals surface area contributed by atoms with E-state index >= 15 is 0 Å². The van der Waals surface area contributed by atoms with Crippen molar-refractivity contribution in [3.8, 4) is 0 Å². The van der Waals surface area contributed by atoms with Crippen LogP contribution in [0.15, 0.2) is 12.1 Å². The van der Waals surface area contributed by atoms with Crippen LogP contribution in [0.1, 0.15) is 30.5 Å². The molecule has 4 heteroatoms. The van der Waals surface area contributed by atoms with Crippen LogP contribution in [0.4, 0.5) is 0 Å². The van der Waals surface area contributed by atoms with Crippen LogP contribution in [0.2, 0.25) is 10.0 Å². The Bertz CT molecular complexity index is 395. The lowest BCUT2D eigenvalue weighted by Crippen LogP contribution is -2.32. The smallest absolute Gasteiger partial charge is 0.0582 e. The van der Waals surface area contributed by atoms with Gasteiger partial charge < -0.3 is 10.4 Å². The van der Waals surface area contributed by atoms with Gasteiger partial charge in [-0.05, 0) is 43.0 Å². The molecule has 0 heterocycles. The van der Waals surface area contributed by atoms with Crippen molar-refractivity contribution in [2.45, 2.75) is 31.8 Å². The van der Waals surface area contributed by atoms with Crippen molar-refractivity contribution in [1.29, 1.82) is 0 Å². The zero-order valence-electron chi connectivity index (χ0n) is 9.13. The Balaban J connectivity index is 2.25. The van der Waals surface area contributed by atoms with Gasteiger partial charge in [-0.3, -0.25) is 0 Å². The first-order chi connectivity index (χ1) is 7.61. The van der Waals surface area contributed by atoms with Gasteiger partial charge in [0.1, 0.15) is 0 Å². The van der Waals surface area contributed by atoms with E-state index in [4.69, 9.17) is 28.3 Å². The first-order valence-electron chi connectivity index (χ1n) is 5.46. The van der Waals surface area contributed by atoms with Crippen molar-refractivity contribution in [3.05, 3.63) is 33.3 Å². The molecule has 0 fully saturated rings. The van der Waals surface area contributed by atoms with E-state index in [0.717, 1.165) is 17.9 Å². The summed E-state index contributed by atoms with van der Waals surface area (Å²) < 4.78 is 0. The lowest BCUT2D eigenvalue weighted by molar-refractivity contribution is 0.240. The molecule has 2 rings (SSSR count). The summed E-state index contributed by atoms with van der Waals surface area (Å²) in [4.78, 5) is 0. The van der Waals surface area contributed by atoms with Crippen LogP contribution in [0, 0.1) is 0 Å². The number of aliphatic hydroxyl groups is 1. The van der Waals surface area contributed by atoms with E-state index in [0.29, 0.717) is 5.02 Å². The summed E-state index contributed by atoms with van der Waals surface area (Å²) in [5.41, 5.74) is 2.37. The second-order valence-corrected chi connectivity index (χ2v) is 5.14. The summed E-state index contributed by atoms with van der Waals surface area (Å²) in [6.45, 7) is 2.10. The van der Waals surface area contributed by atoms with Crippen LogP contribution in [-0.2, 0) is 6.42 Å². The quantitative estimate of drug-likeness (QED) is 0.875. The Labute approximate surface area is 106 Å². The van der Waals surface area contributed by atoms with Gasteiger partial charge in [-0.15, -0.1) is 0 Å². The minimum absolute atomic E-state index is 0.0914. The molecule has 88 valence electrons. The number of fused-ring (bicyclic) bond motifs is 1. The second kappa shape index (κ2) is 4.92. The van der Waals surface area contributed by atoms with Gasteiger partial charge in [0.05, 0.1) is 6.61 Å². The summed E-state index contributed by atoms with van der Waals surface area (Å²) in [7, 11) is 0. The zero-order chi connectivity index (χ0) is 11.7. The molecule has 1 aliphatic carbocycles. The van der Waals surface area contributed by atoms with Gasteiger partial charge in [-0.2, -0.15) is 0 Å². The molecule has 0 aromatic heterocycles. The normalized spacial score (nSPS) is 20.9. The van der Waals surface area contributed by atoms with E-state index in [1.165, 1.54) is 11.1 Å². The first-order valence-corrected chi connectivity index (χ1v) is 6.22. The highest BCUT2D eigenvalue weighted by atomic mass is 35.5. The van der Waals surface area contributed by atoms with Crippen LogP contribution >= 0.6 is 23.2 Å². The molecule has 2 atom stereocenters. The Morgan fingerprint density at radius 3 is 2.94 bits per heavy atom. The monoisotopic (exact) mass is 259 g/mol. The third kappa shape index (κ3) is 2.35. The molecule has 0 saturated heterocycles. The fourth-order valence-electron chi connectivity index (χ4n) is 2.21. The molecule has 16 heavy (non-hydrogen) atoms. The SMILES string of the molecule is C[C@@H](CO)NC1CCc2c(Cl)cc(Cl)cc21. The molecule has 2 nitrogen and oxygen atoms in total. The molecule has 1 aromatic carbocycles. The third-order valence-electron chi connectivity index (χ3n) is 3.01. The van der Waals surface area contributed by atoms with Gasteiger partial charge in [-0.25, -0.2) is 0 Å². The topological polar surface area (TPSA) is 32.3 Å². The van der Waals surface area contributed by atoms with E-state index in [1.54, 1.807) is 6.07 Å². The number of benzene rings is 1. The maximum Gasteiger partial charge on any atom is 0.0582 e. The third-order valence-corrected chi connectivity index (χ3v) is 3.57. The number of aliphatic hydroxyl groups excluding tert-OH is 1. The molecule has 2 N–H and O–H groups in total. The summed E-state index contributed by atoms with van der Waals surface area (Å²) in [6, 6.07) is 4.11. The fourth-order valence-corrected chi connectivity index (χ4v) is 2.82. The predicted octanol–water partition coefficient (Wildman–Crippen LogP) is 2.95. The minimum Gasteiger partial charge on any atom is -0.395 e. The average Bonchev–Trinajstić information content (AvgIpc) is 2.61. The zero-order valence-corrected chi connectivity index (χ0v) is 10.6. The van der Waals surface area contributed by atoms with E-state index in [1.807, 2.05) is 13.0 Å². The van der Waals surface area contributed by atoms with Gasteiger partial charge in [-0.1, -0.05) is 23.2 Å². The first kappa shape index (κ1) is 12.2. The Morgan fingerprint density at radius 1 is 1.50 bits per heavy atom. The molecule has 0 amide bonds. The van der Waals surface area contributed by atoms with Gasteiger partial charge in [0, 0.05) is 22.1 Å². The maximum atomic E-state index is 9.04. The summed E-state index contributed by atoms with van der Waals surface area (Å²) >= 11 is 12.2. The van der Waals surface area contributed by atoms with Crippen molar-refractivity contribution in [2.75, 3.05) is 6.61 Å². The number of rotatable bonds is 3. The van der Waals surface area contributed by atoms with Gasteiger partial charge in [0.2, 0.25) is 0 Å². The van der Waals surface area contributed by atoms with Crippen LogP contribution in [0.25, 0.3) is 0 Å². The highest BCUT2D eigenvalue weighted by molar-refractivity contribution is 6.35. The Hall–Kier alpha value is -0.280. The molecule has 1 aromatic rings. The van der Waals surface area contributed by atoms with Crippen molar-refractivity contribution >= 4 is 23.2 Å². The van der Waals surface area contributed by atoms with Crippen molar-refractivity contribution < 1.29 is 5.11 Å². The van der Waals surface area contributed by atoms with Crippen LogP contribution in [-0.4, -0.2) is 17.8 Å². The van der Waals surface area contributed by atoms with Crippen LogP contribution in [0.3, 0.4) is 0 Å². The van der Waals surface area contributed by atoms with E-state index in [9.17, 15) is 0 Å². The molecular formula is C12H15Cl2NO. The van der Waals surface area contributed by atoms with Gasteiger partial charge in [0.15, 0.2) is 0 Å². The molecular weight excluding hydrogens is 245 g/mol. The molecule has 0 spiro atoms. The number of halogens is 2. The predicted molar refractivity (Wildman–Crippen MR) is 67.2 cm³/mol. The average molecular weight is 260 g/mol. The summed E-state index contributed by atoms with van der Waals surface area (Å²) in [5, 5.41) is 13.8. The van der Waals surface area contributed by atoms with Crippen LogP contribution in [0.5, 0.6) is 0 Å². The molecule has 1 unspecified atom stereocenters. The van der Waals surface area contributed by atoms with E-state index in [2.05, 4.69) is 5.32 Å². The summed E-state index contributed by atoms with van der Waals surface area (Å²) in [6.07, 6.45) is 1.99. The number of nitrogens with one attached hydrogen (secondary N) is 1. The molecule has 0 radical (unpaired) electrons. The fraction of sp³-hybridized carbons (Fsp3) is 0.500. The Morgan fingerprint density at radius 2 is 2.25 bits per heavy atom. The van der Waals surface area contributed by atoms with Crippen molar-refractivity contribution in [3.63, 3.8) is 0 Å². The lowest BCUT2D eigenvalue weighted by Gasteiger charge is -2.18. The Kier molecular flexibility index (Phi) is 3.75. The largest absolute Gasteiger partial charge is 0.395 e. The maximum absolute atomic E-state index is 9.04. The highest BCUT2D eigenvalue weighted by Gasteiger charge is 2.25. The van der Waals surface area contributed by atoms with Gasteiger partial charge >= 0.3 is 0 Å².